The molecule has 0 radical (unpaired) electrons. The quantitative estimate of drug-likeness (QED) is 0.355. The fourth-order valence-corrected chi connectivity index (χ4v) is 3.95. The molecule has 0 fully saturated rings. The van der Waals surface area contributed by atoms with Crippen molar-refractivity contribution in [1.29, 1.82) is 0 Å². The van der Waals surface area contributed by atoms with Crippen LogP contribution >= 0.6 is 11.6 Å². The largest absolute Gasteiger partial charge is 0.322 e. The number of urea groups is 1. The van der Waals surface area contributed by atoms with Crippen LogP contribution in [0, 0.1) is 0 Å². The van der Waals surface area contributed by atoms with Gasteiger partial charge in [0.2, 0.25) is 0 Å². The molecular formula is C27H26ClN3O2. The Hall–Kier alpha value is -3.57. The Morgan fingerprint density at radius 2 is 1.73 bits per heavy atom. The standard InChI is InChI=1S/C27H26ClN3O2/c1-2-19-12-13-24-21(16-19)17-22(26(32)29-24)18-31(15-14-20-8-4-3-5-9-20)27(33)30-25-11-7-6-10-23(25)28/h3-13,16-17H,2,14-15,18H2,1H3,(H,29,32)(H,30,33). The second-order valence-corrected chi connectivity index (χ2v) is 8.37. The zero-order valence-electron chi connectivity index (χ0n) is 18.5. The van der Waals surface area contributed by atoms with Gasteiger partial charge >= 0.3 is 6.03 Å². The van der Waals surface area contributed by atoms with E-state index in [1.807, 2.05) is 60.7 Å². The molecule has 0 unspecified atom stereocenters. The van der Waals surface area contributed by atoms with Gasteiger partial charge in [0, 0.05) is 17.6 Å². The molecule has 0 aliphatic rings. The summed E-state index contributed by atoms with van der Waals surface area (Å²) in [6, 6.07) is 24.7. The first kappa shape index (κ1) is 22.6. The molecule has 0 spiro atoms. The highest BCUT2D eigenvalue weighted by Gasteiger charge is 2.17. The van der Waals surface area contributed by atoms with Crippen LogP contribution in [0.15, 0.2) is 83.7 Å². The number of rotatable bonds is 7. The van der Waals surface area contributed by atoms with E-state index in [2.05, 4.69) is 23.3 Å². The lowest BCUT2D eigenvalue weighted by atomic mass is 10.1. The number of hydrogen-bond donors (Lipinski definition) is 2. The van der Waals surface area contributed by atoms with Crippen molar-refractivity contribution in [3.63, 3.8) is 0 Å². The normalized spacial score (nSPS) is 10.8. The molecule has 0 saturated carbocycles. The summed E-state index contributed by atoms with van der Waals surface area (Å²) >= 11 is 6.24. The maximum Gasteiger partial charge on any atom is 0.322 e. The highest BCUT2D eigenvalue weighted by atomic mass is 35.5. The number of aromatic nitrogens is 1. The van der Waals surface area contributed by atoms with Crippen molar-refractivity contribution in [2.24, 2.45) is 0 Å². The molecule has 0 bridgehead atoms. The number of benzene rings is 3. The second-order valence-electron chi connectivity index (χ2n) is 7.97. The van der Waals surface area contributed by atoms with Crippen LogP contribution < -0.4 is 10.9 Å². The van der Waals surface area contributed by atoms with Gasteiger partial charge in [-0.2, -0.15) is 0 Å². The summed E-state index contributed by atoms with van der Waals surface area (Å²) in [5.41, 5.74) is 3.98. The number of carbonyl (C=O) groups is 1. The van der Waals surface area contributed by atoms with Crippen LogP contribution in [0.25, 0.3) is 10.9 Å². The van der Waals surface area contributed by atoms with E-state index < -0.39 is 0 Å². The first-order chi connectivity index (χ1) is 16.0. The van der Waals surface area contributed by atoms with Crippen LogP contribution in [0.2, 0.25) is 5.02 Å². The van der Waals surface area contributed by atoms with Gasteiger partial charge in [-0.25, -0.2) is 4.79 Å². The molecule has 168 valence electrons. The Morgan fingerprint density at radius 3 is 2.48 bits per heavy atom. The number of anilines is 1. The fraction of sp³-hybridized carbons (Fsp3) is 0.185. The molecule has 2 N–H and O–H groups in total. The smallest absolute Gasteiger partial charge is 0.322 e. The average Bonchev–Trinajstić information content (AvgIpc) is 2.83. The van der Waals surface area contributed by atoms with Crippen molar-refractivity contribution in [2.75, 3.05) is 11.9 Å². The molecule has 0 saturated heterocycles. The van der Waals surface area contributed by atoms with Crippen LogP contribution in [0.1, 0.15) is 23.6 Å². The number of nitrogens with zero attached hydrogens (tertiary/aromatic N) is 1. The molecule has 33 heavy (non-hydrogen) atoms. The zero-order chi connectivity index (χ0) is 23.2. The molecule has 1 heterocycles. The van der Waals surface area contributed by atoms with Crippen molar-refractivity contribution in [3.8, 4) is 0 Å². The Morgan fingerprint density at radius 1 is 0.970 bits per heavy atom. The van der Waals surface area contributed by atoms with E-state index >= 15 is 0 Å². The van der Waals surface area contributed by atoms with Crippen molar-refractivity contribution >= 4 is 34.2 Å². The lowest BCUT2D eigenvalue weighted by molar-refractivity contribution is 0.209. The molecule has 1 aromatic heterocycles. The van der Waals surface area contributed by atoms with Crippen molar-refractivity contribution in [2.45, 2.75) is 26.3 Å². The fourth-order valence-electron chi connectivity index (χ4n) is 3.76. The molecule has 2 amide bonds. The third-order valence-corrected chi connectivity index (χ3v) is 6.00. The minimum absolute atomic E-state index is 0.185. The number of pyridine rings is 1. The summed E-state index contributed by atoms with van der Waals surface area (Å²) in [4.78, 5) is 30.6. The average molecular weight is 460 g/mol. The van der Waals surface area contributed by atoms with Gasteiger partial charge in [-0.15, -0.1) is 0 Å². The second kappa shape index (κ2) is 10.4. The van der Waals surface area contributed by atoms with Gasteiger partial charge in [0.1, 0.15) is 0 Å². The maximum absolute atomic E-state index is 13.2. The zero-order valence-corrected chi connectivity index (χ0v) is 19.2. The Bertz CT molecular complexity index is 1320. The highest BCUT2D eigenvalue weighted by Crippen LogP contribution is 2.21. The Kier molecular flexibility index (Phi) is 7.10. The van der Waals surface area contributed by atoms with Crippen LogP contribution in [0.3, 0.4) is 0 Å². The van der Waals surface area contributed by atoms with Gasteiger partial charge in [0.25, 0.3) is 5.56 Å². The maximum atomic E-state index is 13.2. The molecule has 4 aromatic rings. The summed E-state index contributed by atoms with van der Waals surface area (Å²) in [5, 5.41) is 4.30. The number of aromatic amines is 1. The Labute approximate surface area is 198 Å². The van der Waals surface area contributed by atoms with Crippen molar-refractivity contribution in [1.82, 2.24) is 9.88 Å². The van der Waals surface area contributed by atoms with Crippen molar-refractivity contribution < 1.29 is 4.79 Å². The summed E-state index contributed by atoms with van der Waals surface area (Å²) < 4.78 is 0. The molecule has 5 nitrogen and oxygen atoms in total. The SMILES string of the molecule is CCc1ccc2[nH]c(=O)c(CN(CCc3ccccc3)C(=O)Nc3ccccc3Cl)cc2c1. The number of H-pyrrole nitrogens is 1. The highest BCUT2D eigenvalue weighted by molar-refractivity contribution is 6.33. The lowest BCUT2D eigenvalue weighted by Crippen LogP contribution is -2.37. The van der Waals surface area contributed by atoms with Gasteiger partial charge in [-0.3, -0.25) is 4.79 Å². The molecule has 4 rings (SSSR count). The molecule has 0 atom stereocenters. The summed E-state index contributed by atoms with van der Waals surface area (Å²) in [6.45, 7) is 2.73. The summed E-state index contributed by atoms with van der Waals surface area (Å²) in [7, 11) is 0. The van der Waals surface area contributed by atoms with Crippen LogP contribution in [0.5, 0.6) is 0 Å². The summed E-state index contributed by atoms with van der Waals surface area (Å²) in [5.74, 6) is 0. The van der Waals surface area contributed by atoms with Crippen LogP contribution in [0.4, 0.5) is 10.5 Å². The van der Waals surface area contributed by atoms with E-state index in [4.69, 9.17) is 11.6 Å². The lowest BCUT2D eigenvalue weighted by Gasteiger charge is -2.23. The molecule has 3 aromatic carbocycles. The number of halogens is 1. The van der Waals surface area contributed by atoms with Gasteiger partial charge < -0.3 is 15.2 Å². The van der Waals surface area contributed by atoms with Gasteiger partial charge in [-0.05, 0) is 59.7 Å². The van der Waals surface area contributed by atoms with E-state index in [0.29, 0.717) is 29.2 Å². The summed E-state index contributed by atoms with van der Waals surface area (Å²) in [6.07, 6.45) is 1.58. The molecule has 6 heteroatoms. The van der Waals surface area contributed by atoms with Gasteiger partial charge in [-0.1, -0.05) is 67.1 Å². The number of para-hydroxylation sites is 1. The predicted octanol–water partition coefficient (Wildman–Crippen LogP) is 6.02. The third-order valence-electron chi connectivity index (χ3n) is 5.67. The van der Waals surface area contributed by atoms with E-state index in [1.54, 1.807) is 17.0 Å². The number of aryl methyl sites for hydroxylation is 1. The molecule has 0 aliphatic heterocycles. The number of fused-ring (bicyclic) bond motifs is 1. The molecule has 0 aliphatic carbocycles. The first-order valence-corrected chi connectivity index (χ1v) is 11.4. The van der Waals surface area contributed by atoms with Crippen LogP contribution in [-0.4, -0.2) is 22.5 Å². The topological polar surface area (TPSA) is 65.2 Å². The van der Waals surface area contributed by atoms with Gasteiger partial charge in [0.15, 0.2) is 0 Å². The first-order valence-electron chi connectivity index (χ1n) is 11.0. The third kappa shape index (κ3) is 5.62. The Balaban J connectivity index is 1.62. The van der Waals surface area contributed by atoms with E-state index in [1.165, 1.54) is 5.56 Å². The minimum atomic E-state index is -0.305. The minimum Gasteiger partial charge on any atom is -0.322 e. The predicted molar refractivity (Wildman–Crippen MR) is 135 cm³/mol. The monoisotopic (exact) mass is 459 g/mol. The van der Waals surface area contributed by atoms with E-state index in [-0.39, 0.29) is 18.1 Å². The number of nitrogens with one attached hydrogen (secondary N) is 2. The van der Waals surface area contributed by atoms with E-state index in [9.17, 15) is 9.59 Å². The van der Waals surface area contributed by atoms with Crippen LogP contribution in [-0.2, 0) is 19.4 Å². The number of carbonyl (C=O) groups excluding carboxylic acids is 1. The number of hydrogen-bond acceptors (Lipinski definition) is 2. The number of amides is 2. The van der Waals surface area contributed by atoms with E-state index in [0.717, 1.165) is 22.9 Å². The van der Waals surface area contributed by atoms with Gasteiger partial charge in [0.05, 0.1) is 17.3 Å². The molecular weight excluding hydrogens is 434 g/mol. The van der Waals surface area contributed by atoms with Crippen molar-refractivity contribution in [3.05, 3.63) is 111 Å².